The van der Waals surface area contributed by atoms with Crippen LogP contribution in [0.4, 0.5) is 0 Å². The average molecular weight is 318 g/mol. The summed E-state index contributed by atoms with van der Waals surface area (Å²) in [4.78, 5) is 46.3. The van der Waals surface area contributed by atoms with Gasteiger partial charge in [-0.3, -0.25) is 19.2 Å². The van der Waals surface area contributed by atoms with Gasteiger partial charge in [-0.05, 0) is 23.5 Å². The van der Waals surface area contributed by atoms with E-state index in [0.29, 0.717) is 11.1 Å². The highest BCUT2D eigenvalue weighted by Gasteiger charge is 2.49. The molecule has 4 atom stereocenters. The third-order valence-electron chi connectivity index (χ3n) is 4.61. The average Bonchev–Trinajstić information content (AvgIpc) is 2.83. The van der Waals surface area contributed by atoms with Crippen molar-refractivity contribution in [1.29, 1.82) is 0 Å². The lowest BCUT2D eigenvalue weighted by Gasteiger charge is -2.35. The van der Waals surface area contributed by atoms with Gasteiger partial charge in [-0.25, -0.2) is 0 Å². The van der Waals surface area contributed by atoms with Gasteiger partial charge in [-0.15, -0.1) is 0 Å². The standard InChI is InChI=1S/C16H14O7/c17-12-6-10(16(22)23-12)9-5-11(14(18)19)13(15(20)21)8-4-2-1-3-7(8)9/h1-4,9-11,13H,5-6H2,(H,18,19)(H,20,21). The molecule has 7 nitrogen and oxygen atoms in total. The second kappa shape index (κ2) is 5.49. The van der Waals surface area contributed by atoms with Gasteiger partial charge in [0.2, 0.25) is 0 Å². The van der Waals surface area contributed by atoms with Crippen molar-refractivity contribution in [1.82, 2.24) is 0 Å². The predicted octanol–water partition coefficient (Wildman–Crippen LogP) is 1.13. The summed E-state index contributed by atoms with van der Waals surface area (Å²) >= 11 is 0. The normalized spacial score (nSPS) is 29.7. The van der Waals surface area contributed by atoms with Crippen LogP contribution in [0.15, 0.2) is 24.3 Å². The molecule has 0 amide bonds. The minimum atomic E-state index is -1.23. The number of rotatable bonds is 3. The van der Waals surface area contributed by atoms with E-state index in [1.165, 1.54) is 0 Å². The van der Waals surface area contributed by atoms with Crippen molar-refractivity contribution in [3.05, 3.63) is 35.4 Å². The van der Waals surface area contributed by atoms with Crippen LogP contribution in [-0.4, -0.2) is 34.1 Å². The lowest BCUT2D eigenvalue weighted by molar-refractivity contribution is -0.154. The molecular weight excluding hydrogens is 304 g/mol. The van der Waals surface area contributed by atoms with Crippen LogP contribution in [-0.2, 0) is 23.9 Å². The Morgan fingerprint density at radius 2 is 1.65 bits per heavy atom. The van der Waals surface area contributed by atoms with Crippen LogP contribution >= 0.6 is 0 Å². The van der Waals surface area contributed by atoms with Gasteiger partial charge in [-0.1, -0.05) is 24.3 Å². The molecule has 1 aromatic carbocycles. The molecular formula is C16H14O7. The molecule has 1 aliphatic heterocycles. The maximum absolute atomic E-state index is 11.9. The van der Waals surface area contributed by atoms with Gasteiger partial charge < -0.3 is 14.9 Å². The van der Waals surface area contributed by atoms with E-state index < -0.39 is 47.5 Å². The molecule has 2 aliphatic rings. The van der Waals surface area contributed by atoms with E-state index in [4.69, 9.17) is 0 Å². The Balaban J connectivity index is 2.09. The van der Waals surface area contributed by atoms with Crippen LogP contribution < -0.4 is 0 Å². The van der Waals surface area contributed by atoms with E-state index >= 15 is 0 Å². The number of hydrogen-bond acceptors (Lipinski definition) is 5. The Bertz CT molecular complexity index is 708. The van der Waals surface area contributed by atoms with Gasteiger partial charge in [0.1, 0.15) is 0 Å². The van der Waals surface area contributed by atoms with Gasteiger partial charge in [0.05, 0.1) is 24.2 Å². The van der Waals surface area contributed by atoms with Crippen LogP contribution in [0.2, 0.25) is 0 Å². The first-order chi connectivity index (χ1) is 10.9. The number of cyclic esters (lactones) is 2. The summed E-state index contributed by atoms with van der Waals surface area (Å²) in [6.07, 6.45) is -0.127. The van der Waals surface area contributed by atoms with Crippen molar-refractivity contribution < 1.29 is 34.1 Å². The van der Waals surface area contributed by atoms with Crippen LogP contribution in [0.25, 0.3) is 0 Å². The van der Waals surface area contributed by atoms with Crippen molar-refractivity contribution in [2.75, 3.05) is 0 Å². The number of aliphatic carboxylic acids is 2. The number of esters is 2. The van der Waals surface area contributed by atoms with E-state index in [-0.39, 0.29) is 12.8 Å². The molecule has 1 aromatic rings. The highest BCUT2D eigenvalue weighted by molar-refractivity contribution is 5.95. The van der Waals surface area contributed by atoms with Gasteiger partial charge in [0, 0.05) is 0 Å². The lowest BCUT2D eigenvalue weighted by Crippen LogP contribution is -2.36. The quantitative estimate of drug-likeness (QED) is 0.633. The predicted molar refractivity (Wildman–Crippen MR) is 74.5 cm³/mol. The first-order valence-corrected chi connectivity index (χ1v) is 7.19. The largest absolute Gasteiger partial charge is 0.481 e. The molecule has 120 valence electrons. The van der Waals surface area contributed by atoms with E-state index in [0.717, 1.165) is 0 Å². The van der Waals surface area contributed by atoms with E-state index in [1.54, 1.807) is 24.3 Å². The SMILES string of the molecule is O=C1CC(C2CC(C(=O)O)C(C(=O)O)c3ccccc32)C(=O)O1. The fourth-order valence-corrected chi connectivity index (χ4v) is 3.61. The van der Waals surface area contributed by atoms with Gasteiger partial charge in [-0.2, -0.15) is 0 Å². The first-order valence-electron chi connectivity index (χ1n) is 7.19. The zero-order valence-electron chi connectivity index (χ0n) is 12.0. The lowest BCUT2D eigenvalue weighted by atomic mass is 9.66. The van der Waals surface area contributed by atoms with Gasteiger partial charge in [0.15, 0.2) is 0 Å². The molecule has 0 saturated carbocycles. The van der Waals surface area contributed by atoms with Crippen molar-refractivity contribution >= 4 is 23.9 Å². The Hall–Kier alpha value is -2.70. The summed E-state index contributed by atoms with van der Waals surface area (Å²) < 4.78 is 4.57. The summed E-state index contributed by atoms with van der Waals surface area (Å²) in [5.74, 6) is -7.38. The number of carboxylic acid groups (broad SMARTS) is 2. The number of carbonyl (C=O) groups is 4. The molecule has 7 heteroatoms. The Labute approximate surface area is 130 Å². The number of ether oxygens (including phenoxy) is 1. The fraction of sp³-hybridized carbons (Fsp3) is 0.375. The Kier molecular flexibility index (Phi) is 3.63. The van der Waals surface area contributed by atoms with Crippen LogP contribution in [0, 0.1) is 11.8 Å². The molecule has 1 saturated heterocycles. The van der Waals surface area contributed by atoms with Crippen molar-refractivity contribution in [2.45, 2.75) is 24.7 Å². The Morgan fingerprint density at radius 1 is 1.00 bits per heavy atom. The molecule has 1 heterocycles. The topological polar surface area (TPSA) is 118 Å². The monoisotopic (exact) mass is 318 g/mol. The minimum absolute atomic E-state index is 0.0175. The third kappa shape index (κ3) is 2.48. The fourth-order valence-electron chi connectivity index (χ4n) is 3.61. The number of fused-ring (bicyclic) bond motifs is 1. The smallest absolute Gasteiger partial charge is 0.317 e. The second-order valence-electron chi connectivity index (χ2n) is 5.84. The zero-order chi connectivity index (χ0) is 16.7. The van der Waals surface area contributed by atoms with Gasteiger partial charge >= 0.3 is 23.9 Å². The molecule has 0 bridgehead atoms. The van der Waals surface area contributed by atoms with E-state index in [9.17, 15) is 29.4 Å². The maximum Gasteiger partial charge on any atom is 0.317 e. The van der Waals surface area contributed by atoms with Crippen LogP contribution in [0.5, 0.6) is 0 Å². The molecule has 0 aromatic heterocycles. The van der Waals surface area contributed by atoms with Crippen LogP contribution in [0.3, 0.4) is 0 Å². The first kappa shape index (κ1) is 15.2. The van der Waals surface area contributed by atoms with Crippen molar-refractivity contribution in [3.63, 3.8) is 0 Å². The molecule has 3 rings (SSSR count). The summed E-state index contributed by atoms with van der Waals surface area (Å²) in [7, 11) is 0. The summed E-state index contributed by atoms with van der Waals surface area (Å²) in [5, 5.41) is 18.9. The molecule has 1 aliphatic carbocycles. The number of benzene rings is 1. The second-order valence-corrected chi connectivity index (χ2v) is 5.84. The number of carboxylic acids is 2. The molecule has 2 N–H and O–H groups in total. The summed E-state index contributed by atoms with van der Waals surface area (Å²) in [6.45, 7) is 0. The molecule has 1 fully saturated rings. The summed E-state index contributed by atoms with van der Waals surface area (Å²) in [5.41, 5.74) is 0.991. The third-order valence-corrected chi connectivity index (χ3v) is 4.61. The summed E-state index contributed by atoms with van der Waals surface area (Å²) in [6, 6.07) is 6.59. The van der Waals surface area contributed by atoms with Crippen LogP contribution in [0.1, 0.15) is 35.8 Å². The number of hydrogen-bond donors (Lipinski definition) is 2. The molecule has 0 spiro atoms. The van der Waals surface area contributed by atoms with Crippen molar-refractivity contribution in [3.8, 4) is 0 Å². The maximum atomic E-state index is 11.9. The highest BCUT2D eigenvalue weighted by atomic mass is 16.6. The van der Waals surface area contributed by atoms with E-state index in [1.807, 2.05) is 0 Å². The zero-order valence-corrected chi connectivity index (χ0v) is 12.0. The molecule has 4 unspecified atom stereocenters. The van der Waals surface area contributed by atoms with Gasteiger partial charge in [0.25, 0.3) is 0 Å². The van der Waals surface area contributed by atoms with Crippen molar-refractivity contribution in [2.24, 2.45) is 11.8 Å². The highest BCUT2D eigenvalue weighted by Crippen LogP contribution is 2.48. The minimum Gasteiger partial charge on any atom is -0.481 e. The molecule has 0 radical (unpaired) electrons. The number of carbonyl (C=O) groups excluding carboxylic acids is 2. The Morgan fingerprint density at radius 3 is 2.17 bits per heavy atom. The molecule has 23 heavy (non-hydrogen) atoms. The van der Waals surface area contributed by atoms with E-state index in [2.05, 4.69) is 4.74 Å².